The summed E-state index contributed by atoms with van der Waals surface area (Å²) in [5.41, 5.74) is -0.571. The lowest BCUT2D eigenvalue weighted by Crippen LogP contribution is -2.42. The van der Waals surface area contributed by atoms with Crippen molar-refractivity contribution < 1.29 is 18.0 Å². The van der Waals surface area contributed by atoms with Crippen LogP contribution in [0.1, 0.15) is 33.6 Å². The normalized spacial score (nSPS) is 17.9. The molecule has 16 heavy (non-hydrogen) atoms. The van der Waals surface area contributed by atoms with Crippen LogP contribution >= 0.6 is 0 Å². The average Bonchev–Trinajstić information content (AvgIpc) is 2.79. The number of hydrogen-bond donors (Lipinski definition) is 0. The molecule has 1 aliphatic carbocycles. The zero-order valence-electron chi connectivity index (χ0n) is 9.90. The summed E-state index contributed by atoms with van der Waals surface area (Å²) in [5, 5.41) is 0. The first-order valence-electron chi connectivity index (χ1n) is 5.44. The molecule has 0 unspecified atom stereocenters. The molecule has 0 heterocycles. The highest BCUT2D eigenvalue weighted by Gasteiger charge is 2.39. The highest BCUT2D eigenvalue weighted by molar-refractivity contribution is 5.85. The first-order chi connectivity index (χ1) is 7.09. The van der Waals surface area contributed by atoms with E-state index in [0.29, 0.717) is 0 Å². The zero-order chi connectivity index (χ0) is 12.6. The molecule has 0 spiro atoms. The summed E-state index contributed by atoms with van der Waals surface area (Å²) in [7, 11) is 0. The van der Waals surface area contributed by atoms with Gasteiger partial charge in [-0.3, -0.25) is 9.69 Å². The van der Waals surface area contributed by atoms with Crippen LogP contribution in [0, 0.1) is 5.41 Å². The molecule has 1 saturated carbocycles. The second-order valence-corrected chi connectivity index (χ2v) is 5.42. The molecule has 0 aromatic heterocycles. The zero-order valence-corrected chi connectivity index (χ0v) is 9.90. The molecule has 0 amide bonds. The summed E-state index contributed by atoms with van der Waals surface area (Å²) in [5.74, 6) is -0.136. The SMILES string of the molecule is CC(C)(C)C(=O)CN(CC(F)(F)F)C1CC1. The van der Waals surface area contributed by atoms with Gasteiger partial charge in [0.05, 0.1) is 13.1 Å². The average molecular weight is 237 g/mol. The van der Waals surface area contributed by atoms with Crippen LogP contribution in [0.2, 0.25) is 0 Å². The van der Waals surface area contributed by atoms with Crippen LogP contribution < -0.4 is 0 Å². The quantitative estimate of drug-likeness (QED) is 0.749. The summed E-state index contributed by atoms with van der Waals surface area (Å²) in [6, 6.07) is -0.0482. The summed E-state index contributed by atoms with van der Waals surface area (Å²) in [4.78, 5) is 12.9. The van der Waals surface area contributed by atoms with Gasteiger partial charge < -0.3 is 0 Å². The number of carbonyl (C=O) groups excluding carboxylic acids is 1. The Bertz CT molecular complexity index is 263. The lowest BCUT2D eigenvalue weighted by molar-refractivity contribution is -0.151. The maximum absolute atomic E-state index is 12.3. The van der Waals surface area contributed by atoms with Gasteiger partial charge in [0.1, 0.15) is 0 Å². The van der Waals surface area contributed by atoms with Gasteiger partial charge in [0.25, 0.3) is 0 Å². The third-order valence-electron chi connectivity index (χ3n) is 2.63. The van der Waals surface area contributed by atoms with Crippen LogP contribution in [-0.4, -0.2) is 36.0 Å². The number of hydrogen-bond acceptors (Lipinski definition) is 2. The molecule has 2 nitrogen and oxygen atoms in total. The maximum atomic E-state index is 12.3. The number of halogens is 3. The second-order valence-electron chi connectivity index (χ2n) is 5.42. The van der Waals surface area contributed by atoms with Gasteiger partial charge in [0.15, 0.2) is 5.78 Å². The number of Topliss-reactive ketones (excluding diaryl/α,β-unsaturated/α-hetero) is 1. The number of rotatable bonds is 4. The van der Waals surface area contributed by atoms with Gasteiger partial charge in [-0.25, -0.2) is 0 Å². The Kier molecular flexibility index (Phi) is 3.67. The standard InChI is InChI=1S/C11H18F3NO/c1-10(2,3)9(16)6-15(8-4-5-8)7-11(12,13)14/h8H,4-7H2,1-3H3. The van der Waals surface area contributed by atoms with Gasteiger partial charge in [-0.05, 0) is 12.8 Å². The number of ketones is 1. The Morgan fingerprint density at radius 2 is 1.75 bits per heavy atom. The summed E-state index contributed by atoms with van der Waals surface area (Å²) < 4.78 is 36.9. The van der Waals surface area contributed by atoms with Gasteiger partial charge in [-0.1, -0.05) is 20.8 Å². The van der Waals surface area contributed by atoms with Crippen molar-refractivity contribution in [2.45, 2.75) is 45.8 Å². The molecule has 1 aliphatic rings. The molecule has 0 aliphatic heterocycles. The Labute approximate surface area is 93.8 Å². The van der Waals surface area contributed by atoms with Crippen molar-refractivity contribution in [3.63, 3.8) is 0 Å². The second kappa shape index (κ2) is 4.35. The molecule has 0 saturated heterocycles. The maximum Gasteiger partial charge on any atom is 0.401 e. The Morgan fingerprint density at radius 3 is 2.06 bits per heavy atom. The van der Waals surface area contributed by atoms with Crippen LogP contribution in [-0.2, 0) is 4.79 Å². The van der Waals surface area contributed by atoms with E-state index in [1.54, 1.807) is 20.8 Å². The lowest BCUT2D eigenvalue weighted by Gasteiger charge is -2.26. The highest BCUT2D eigenvalue weighted by Crippen LogP contribution is 2.30. The molecule has 1 fully saturated rings. The Balaban J connectivity index is 2.55. The third kappa shape index (κ3) is 4.51. The molecule has 0 aromatic rings. The fourth-order valence-corrected chi connectivity index (χ4v) is 1.41. The smallest absolute Gasteiger partial charge is 0.298 e. The van der Waals surface area contributed by atoms with Gasteiger partial charge in [0.2, 0.25) is 0 Å². The summed E-state index contributed by atoms with van der Waals surface area (Å²) in [6.07, 6.45) is -2.68. The highest BCUT2D eigenvalue weighted by atomic mass is 19.4. The number of nitrogens with zero attached hydrogens (tertiary/aromatic N) is 1. The van der Waals surface area contributed by atoms with Crippen LogP contribution in [0.3, 0.4) is 0 Å². The van der Waals surface area contributed by atoms with E-state index >= 15 is 0 Å². The largest absolute Gasteiger partial charge is 0.401 e. The number of carbonyl (C=O) groups is 1. The van der Waals surface area contributed by atoms with Gasteiger partial charge in [0, 0.05) is 11.5 Å². The fourth-order valence-electron chi connectivity index (χ4n) is 1.41. The predicted octanol–water partition coefficient (Wildman–Crippen LogP) is 2.63. The van der Waals surface area contributed by atoms with E-state index < -0.39 is 18.1 Å². The van der Waals surface area contributed by atoms with Crippen LogP contribution in [0.4, 0.5) is 13.2 Å². The van der Waals surface area contributed by atoms with Gasteiger partial charge in [-0.2, -0.15) is 13.2 Å². The van der Waals surface area contributed by atoms with E-state index in [4.69, 9.17) is 0 Å². The van der Waals surface area contributed by atoms with Crippen LogP contribution in [0.5, 0.6) is 0 Å². The molecule has 0 bridgehead atoms. The number of alkyl halides is 3. The van der Waals surface area contributed by atoms with E-state index in [-0.39, 0.29) is 18.4 Å². The van der Waals surface area contributed by atoms with Crippen LogP contribution in [0.15, 0.2) is 0 Å². The van der Waals surface area contributed by atoms with Crippen molar-refractivity contribution in [3.8, 4) is 0 Å². The summed E-state index contributed by atoms with van der Waals surface area (Å²) in [6.45, 7) is 4.13. The van der Waals surface area contributed by atoms with Crippen molar-refractivity contribution in [1.82, 2.24) is 4.90 Å². The van der Waals surface area contributed by atoms with Crippen molar-refractivity contribution in [2.24, 2.45) is 5.41 Å². The molecule has 5 heteroatoms. The van der Waals surface area contributed by atoms with E-state index in [1.807, 2.05) is 0 Å². The minimum atomic E-state index is -4.22. The van der Waals surface area contributed by atoms with Crippen molar-refractivity contribution in [2.75, 3.05) is 13.1 Å². The van der Waals surface area contributed by atoms with E-state index in [2.05, 4.69) is 0 Å². The minimum absolute atomic E-state index is 0.0482. The molecular formula is C11H18F3NO. The Morgan fingerprint density at radius 1 is 1.25 bits per heavy atom. The molecule has 1 rings (SSSR count). The Hall–Kier alpha value is -0.580. The molecule has 0 N–H and O–H groups in total. The molecule has 94 valence electrons. The van der Waals surface area contributed by atoms with Crippen molar-refractivity contribution in [1.29, 1.82) is 0 Å². The van der Waals surface area contributed by atoms with E-state index in [9.17, 15) is 18.0 Å². The van der Waals surface area contributed by atoms with Crippen molar-refractivity contribution in [3.05, 3.63) is 0 Å². The van der Waals surface area contributed by atoms with Gasteiger partial charge >= 0.3 is 6.18 Å². The lowest BCUT2D eigenvalue weighted by atomic mass is 9.90. The van der Waals surface area contributed by atoms with E-state index in [1.165, 1.54) is 4.90 Å². The summed E-state index contributed by atoms with van der Waals surface area (Å²) >= 11 is 0. The molecule has 0 atom stereocenters. The van der Waals surface area contributed by atoms with Gasteiger partial charge in [-0.15, -0.1) is 0 Å². The topological polar surface area (TPSA) is 20.3 Å². The molecule has 0 aromatic carbocycles. The third-order valence-corrected chi connectivity index (χ3v) is 2.63. The minimum Gasteiger partial charge on any atom is -0.298 e. The predicted molar refractivity (Wildman–Crippen MR) is 55.1 cm³/mol. The monoisotopic (exact) mass is 237 g/mol. The first-order valence-corrected chi connectivity index (χ1v) is 5.44. The first kappa shape index (κ1) is 13.5. The fraction of sp³-hybridized carbons (Fsp3) is 0.909. The van der Waals surface area contributed by atoms with E-state index in [0.717, 1.165) is 12.8 Å². The molecule has 0 radical (unpaired) electrons. The molecular weight excluding hydrogens is 219 g/mol. The van der Waals surface area contributed by atoms with Crippen molar-refractivity contribution >= 4 is 5.78 Å². The van der Waals surface area contributed by atoms with Crippen LogP contribution in [0.25, 0.3) is 0 Å².